The largest absolute Gasteiger partial charge is 0.496 e. The fraction of sp³-hybridized carbons (Fsp3) is 0.333. The molecule has 0 radical (unpaired) electrons. The third-order valence-corrected chi connectivity index (χ3v) is 5.84. The maximum atomic E-state index is 15.4. The summed E-state index contributed by atoms with van der Waals surface area (Å²) < 4.78 is 26.8. The van der Waals surface area contributed by atoms with E-state index in [9.17, 15) is 14.7 Å². The fourth-order valence-electron chi connectivity index (χ4n) is 3.96. The summed E-state index contributed by atoms with van der Waals surface area (Å²) in [6.07, 6.45) is 2.07. The van der Waals surface area contributed by atoms with E-state index in [1.54, 1.807) is 12.1 Å². The van der Waals surface area contributed by atoms with Gasteiger partial charge in [-0.3, -0.25) is 9.69 Å². The van der Waals surface area contributed by atoms with Crippen molar-refractivity contribution in [3.63, 3.8) is 0 Å². The number of halogens is 1. The minimum Gasteiger partial charge on any atom is -0.496 e. The number of Topliss-reactive ketones (excluding diaryl/α,β-unsaturated/α-hetero) is 1. The van der Waals surface area contributed by atoms with Crippen molar-refractivity contribution in [3.05, 3.63) is 53.4 Å². The Labute approximate surface area is 185 Å². The SMILES string of the molecule is C=C(C(=O)O)C(=O)c1cc(F)c(-c2ccc3c(c2)OCCN3)c(OC)c1CN(C)C1CC1. The summed E-state index contributed by atoms with van der Waals surface area (Å²) in [7, 11) is 3.33. The molecule has 1 aliphatic carbocycles. The average Bonchev–Trinajstić information content (AvgIpc) is 3.63. The second-order valence-corrected chi connectivity index (χ2v) is 8.04. The van der Waals surface area contributed by atoms with Crippen LogP contribution >= 0.6 is 0 Å². The molecule has 1 aliphatic heterocycles. The first-order chi connectivity index (χ1) is 15.3. The van der Waals surface area contributed by atoms with Gasteiger partial charge in [-0.05, 0) is 43.7 Å². The van der Waals surface area contributed by atoms with Crippen LogP contribution < -0.4 is 14.8 Å². The van der Waals surface area contributed by atoms with E-state index in [-0.39, 0.29) is 16.9 Å². The Morgan fingerprint density at radius 3 is 2.75 bits per heavy atom. The third kappa shape index (κ3) is 4.05. The van der Waals surface area contributed by atoms with Gasteiger partial charge in [-0.2, -0.15) is 0 Å². The van der Waals surface area contributed by atoms with Crippen LogP contribution in [0.15, 0.2) is 36.4 Å². The van der Waals surface area contributed by atoms with Crippen LogP contribution in [-0.2, 0) is 11.3 Å². The monoisotopic (exact) mass is 440 g/mol. The number of nitrogens with one attached hydrogen (secondary N) is 1. The van der Waals surface area contributed by atoms with Crippen LogP contribution in [0.4, 0.5) is 10.1 Å². The summed E-state index contributed by atoms with van der Waals surface area (Å²) in [5.74, 6) is -2.17. The maximum Gasteiger partial charge on any atom is 0.339 e. The lowest BCUT2D eigenvalue weighted by Gasteiger charge is -2.24. The normalized spacial score (nSPS) is 14.9. The molecule has 0 aromatic heterocycles. The highest BCUT2D eigenvalue weighted by Crippen LogP contribution is 2.42. The van der Waals surface area contributed by atoms with Gasteiger partial charge in [-0.25, -0.2) is 9.18 Å². The van der Waals surface area contributed by atoms with E-state index < -0.39 is 23.1 Å². The standard InChI is InChI=1S/C24H25FN2O5/c1-13(24(29)30)22(28)16-11-18(25)21(14-4-7-19-20(10-14)32-9-8-26-19)23(31-3)17(16)12-27(2)15-5-6-15/h4,7,10-11,15,26H,1,5-6,8-9,12H2,2-3H3,(H,29,30). The van der Waals surface area contributed by atoms with Gasteiger partial charge in [-0.1, -0.05) is 12.6 Å². The molecule has 1 fully saturated rings. The van der Waals surface area contributed by atoms with E-state index in [0.717, 1.165) is 24.6 Å². The number of anilines is 1. The Kier molecular flexibility index (Phi) is 5.88. The lowest BCUT2D eigenvalue weighted by atomic mass is 9.92. The van der Waals surface area contributed by atoms with Gasteiger partial charge in [0.15, 0.2) is 5.78 Å². The number of aliphatic carboxylic acids is 1. The van der Waals surface area contributed by atoms with Crippen LogP contribution in [0.5, 0.6) is 11.5 Å². The molecule has 168 valence electrons. The first-order valence-corrected chi connectivity index (χ1v) is 10.4. The molecule has 1 saturated carbocycles. The molecule has 0 bridgehead atoms. The highest BCUT2D eigenvalue weighted by Gasteiger charge is 2.31. The topological polar surface area (TPSA) is 88.1 Å². The number of methoxy groups -OCH3 is 1. The molecule has 2 aromatic carbocycles. The molecule has 32 heavy (non-hydrogen) atoms. The van der Waals surface area contributed by atoms with Gasteiger partial charge in [0, 0.05) is 30.3 Å². The third-order valence-electron chi connectivity index (χ3n) is 5.84. The van der Waals surface area contributed by atoms with Gasteiger partial charge in [-0.15, -0.1) is 0 Å². The number of carbonyl (C=O) groups excluding carboxylic acids is 1. The zero-order chi connectivity index (χ0) is 23.0. The minimum atomic E-state index is -1.45. The van der Waals surface area contributed by atoms with E-state index in [2.05, 4.69) is 16.8 Å². The Morgan fingerprint density at radius 1 is 1.34 bits per heavy atom. The zero-order valence-electron chi connectivity index (χ0n) is 18.0. The van der Waals surface area contributed by atoms with E-state index in [0.29, 0.717) is 42.6 Å². The van der Waals surface area contributed by atoms with Crippen molar-refractivity contribution in [1.82, 2.24) is 4.90 Å². The van der Waals surface area contributed by atoms with Crippen molar-refractivity contribution in [2.24, 2.45) is 0 Å². The molecule has 0 atom stereocenters. The number of ether oxygens (including phenoxy) is 2. The van der Waals surface area contributed by atoms with Crippen molar-refractivity contribution in [1.29, 1.82) is 0 Å². The number of carbonyl (C=O) groups is 2. The number of rotatable bonds is 8. The number of nitrogens with zero attached hydrogens (tertiary/aromatic N) is 1. The molecule has 4 rings (SSSR count). The van der Waals surface area contributed by atoms with Gasteiger partial charge in [0.05, 0.1) is 18.4 Å². The first kappa shape index (κ1) is 21.8. The number of benzene rings is 2. The lowest BCUT2D eigenvalue weighted by Crippen LogP contribution is -2.23. The molecular formula is C24H25FN2O5. The van der Waals surface area contributed by atoms with Gasteiger partial charge in [0.1, 0.15) is 29.5 Å². The second-order valence-electron chi connectivity index (χ2n) is 8.04. The molecule has 0 spiro atoms. The van der Waals surface area contributed by atoms with Crippen LogP contribution in [0.1, 0.15) is 28.8 Å². The van der Waals surface area contributed by atoms with Crippen molar-refractivity contribution >= 4 is 17.4 Å². The highest BCUT2D eigenvalue weighted by atomic mass is 19.1. The fourth-order valence-corrected chi connectivity index (χ4v) is 3.96. The molecular weight excluding hydrogens is 415 g/mol. The quantitative estimate of drug-likeness (QED) is 0.280. The number of fused-ring (bicyclic) bond motifs is 1. The summed E-state index contributed by atoms with van der Waals surface area (Å²) in [4.78, 5) is 26.3. The molecule has 8 heteroatoms. The minimum absolute atomic E-state index is 0.0566. The van der Waals surface area contributed by atoms with Gasteiger partial charge in [0.2, 0.25) is 0 Å². The van der Waals surface area contributed by atoms with Crippen LogP contribution in [0.25, 0.3) is 11.1 Å². The molecule has 1 heterocycles. The molecule has 0 saturated heterocycles. The number of ketones is 1. The summed E-state index contributed by atoms with van der Waals surface area (Å²) in [6, 6.07) is 6.75. The van der Waals surface area contributed by atoms with Gasteiger partial charge < -0.3 is 19.9 Å². The Morgan fingerprint density at radius 2 is 2.09 bits per heavy atom. The molecule has 0 unspecified atom stereocenters. The molecule has 0 amide bonds. The number of carboxylic acids is 1. The van der Waals surface area contributed by atoms with Crippen LogP contribution in [0.3, 0.4) is 0 Å². The average molecular weight is 440 g/mol. The Bertz CT molecular complexity index is 1110. The number of hydrogen-bond donors (Lipinski definition) is 2. The predicted molar refractivity (Wildman–Crippen MR) is 118 cm³/mol. The van der Waals surface area contributed by atoms with Crippen molar-refractivity contribution in [2.75, 3.05) is 32.6 Å². The Hall–Kier alpha value is -3.39. The van der Waals surface area contributed by atoms with Crippen molar-refractivity contribution in [2.45, 2.75) is 25.4 Å². The zero-order valence-corrected chi connectivity index (χ0v) is 18.0. The van der Waals surface area contributed by atoms with Crippen molar-refractivity contribution < 1.29 is 28.6 Å². The lowest BCUT2D eigenvalue weighted by molar-refractivity contribution is -0.132. The molecule has 7 nitrogen and oxygen atoms in total. The molecule has 2 N–H and O–H groups in total. The Balaban J connectivity index is 1.88. The van der Waals surface area contributed by atoms with E-state index >= 15 is 4.39 Å². The van der Waals surface area contributed by atoms with Crippen LogP contribution in [0.2, 0.25) is 0 Å². The first-order valence-electron chi connectivity index (χ1n) is 10.4. The van der Waals surface area contributed by atoms with Gasteiger partial charge >= 0.3 is 5.97 Å². The van der Waals surface area contributed by atoms with E-state index in [1.165, 1.54) is 7.11 Å². The second kappa shape index (κ2) is 8.63. The molecule has 2 aromatic rings. The number of hydrogen-bond acceptors (Lipinski definition) is 6. The summed E-state index contributed by atoms with van der Waals surface area (Å²) in [5, 5.41) is 12.5. The van der Waals surface area contributed by atoms with Gasteiger partial charge in [0.25, 0.3) is 0 Å². The summed E-state index contributed by atoms with van der Waals surface area (Å²) in [5.41, 5.74) is 1.30. The maximum absolute atomic E-state index is 15.4. The van der Waals surface area contributed by atoms with E-state index in [4.69, 9.17) is 9.47 Å². The highest BCUT2D eigenvalue weighted by molar-refractivity contribution is 6.24. The number of carboxylic acid groups (broad SMARTS) is 1. The van der Waals surface area contributed by atoms with Crippen LogP contribution in [0, 0.1) is 5.82 Å². The summed E-state index contributed by atoms with van der Waals surface area (Å²) in [6.45, 7) is 4.85. The molecule has 2 aliphatic rings. The van der Waals surface area contributed by atoms with Crippen molar-refractivity contribution in [3.8, 4) is 22.6 Å². The summed E-state index contributed by atoms with van der Waals surface area (Å²) >= 11 is 0. The van der Waals surface area contributed by atoms with Crippen LogP contribution in [-0.4, -0.2) is 55.1 Å². The van der Waals surface area contributed by atoms with E-state index in [1.807, 2.05) is 13.1 Å². The predicted octanol–water partition coefficient (Wildman–Crippen LogP) is 3.72. The smallest absolute Gasteiger partial charge is 0.339 e.